The van der Waals surface area contributed by atoms with Crippen LogP contribution in [0, 0.1) is 4.77 Å². The molecule has 0 aliphatic carbocycles. The zero-order valence-corrected chi connectivity index (χ0v) is 9.39. The van der Waals surface area contributed by atoms with Crippen molar-refractivity contribution in [3.63, 3.8) is 0 Å². The Bertz CT molecular complexity index is 475. The topological polar surface area (TPSA) is 81.2 Å². The molecule has 1 aromatic rings. The number of aromatic hydroxyl groups is 1. The molecule has 0 amide bonds. The number of nitrogens with zero attached hydrogens (tertiary/aromatic N) is 1. The SMILES string of the molecule is CC[C@H](C)N=Cc1c(O)[nH]c(=S)[nH]c1=O. The predicted octanol–water partition coefficient (Wildman–Crippen LogP) is 1.36. The summed E-state index contributed by atoms with van der Waals surface area (Å²) in [6.45, 7) is 3.91. The maximum Gasteiger partial charge on any atom is 0.264 e. The number of aliphatic imine (C=N–C) groups is 1. The molecule has 0 bridgehead atoms. The summed E-state index contributed by atoms with van der Waals surface area (Å²) in [6.07, 6.45) is 2.23. The van der Waals surface area contributed by atoms with E-state index in [1.807, 2.05) is 13.8 Å². The third-order valence-electron chi connectivity index (χ3n) is 2.01. The lowest BCUT2D eigenvalue weighted by Gasteiger charge is -2.00. The molecule has 0 spiro atoms. The highest BCUT2D eigenvalue weighted by Crippen LogP contribution is 2.04. The van der Waals surface area contributed by atoms with Gasteiger partial charge in [0.25, 0.3) is 5.56 Å². The van der Waals surface area contributed by atoms with Crippen molar-refractivity contribution < 1.29 is 5.11 Å². The van der Waals surface area contributed by atoms with Crippen LogP contribution in [0.25, 0.3) is 0 Å². The summed E-state index contributed by atoms with van der Waals surface area (Å²) in [5.41, 5.74) is -0.341. The van der Waals surface area contributed by atoms with E-state index in [2.05, 4.69) is 27.2 Å². The van der Waals surface area contributed by atoms with E-state index in [4.69, 9.17) is 0 Å². The summed E-state index contributed by atoms with van der Waals surface area (Å²) in [4.78, 5) is 20.3. The Hall–Kier alpha value is -1.43. The third-order valence-corrected chi connectivity index (χ3v) is 2.21. The molecule has 1 aromatic heterocycles. The van der Waals surface area contributed by atoms with Gasteiger partial charge in [0, 0.05) is 12.3 Å². The highest BCUT2D eigenvalue weighted by molar-refractivity contribution is 7.71. The summed E-state index contributed by atoms with van der Waals surface area (Å²) in [6, 6.07) is 0.118. The molecule has 1 atom stereocenters. The van der Waals surface area contributed by atoms with Crippen molar-refractivity contribution in [2.75, 3.05) is 0 Å². The first-order valence-electron chi connectivity index (χ1n) is 4.63. The standard InChI is InChI=1S/C9H13N3O2S/c1-3-5(2)10-4-6-7(13)11-9(15)12-8(6)14/h4-5H,3H2,1-2H3,(H3,11,12,13,14,15)/t5-/m0/s1. The number of hydrogen-bond donors (Lipinski definition) is 3. The molecule has 0 aliphatic rings. The van der Waals surface area contributed by atoms with E-state index in [9.17, 15) is 9.90 Å². The van der Waals surface area contributed by atoms with Crippen LogP contribution >= 0.6 is 12.2 Å². The van der Waals surface area contributed by atoms with Crippen LogP contribution in [-0.4, -0.2) is 27.3 Å². The Morgan fingerprint density at radius 2 is 2.27 bits per heavy atom. The monoisotopic (exact) mass is 227 g/mol. The molecule has 5 nitrogen and oxygen atoms in total. The van der Waals surface area contributed by atoms with Gasteiger partial charge >= 0.3 is 0 Å². The number of aromatic nitrogens is 2. The fraction of sp³-hybridized carbons (Fsp3) is 0.444. The summed E-state index contributed by atoms with van der Waals surface area (Å²) in [5.74, 6) is -0.254. The molecule has 0 aromatic carbocycles. The van der Waals surface area contributed by atoms with E-state index >= 15 is 0 Å². The number of nitrogens with one attached hydrogen (secondary N) is 2. The molecule has 0 unspecified atom stereocenters. The zero-order valence-electron chi connectivity index (χ0n) is 8.57. The van der Waals surface area contributed by atoms with Crippen molar-refractivity contribution in [3.8, 4) is 5.88 Å². The van der Waals surface area contributed by atoms with E-state index in [0.29, 0.717) is 0 Å². The predicted molar refractivity (Wildman–Crippen MR) is 61.3 cm³/mol. The van der Waals surface area contributed by atoms with Gasteiger partial charge in [-0.3, -0.25) is 14.8 Å². The number of H-pyrrole nitrogens is 2. The average molecular weight is 227 g/mol. The second-order valence-electron chi connectivity index (χ2n) is 3.21. The first-order valence-corrected chi connectivity index (χ1v) is 5.04. The van der Waals surface area contributed by atoms with Crippen LogP contribution in [0.4, 0.5) is 0 Å². The Morgan fingerprint density at radius 1 is 1.60 bits per heavy atom. The Balaban J connectivity index is 3.11. The summed E-state index contributed by atoms with van der Waals surface area (Å²) < 4.78 is 0.0955. The lowest BCUT2D eigenvalue weighted by Crippen LogP contribution is -2.14. The maximum absolute atomic E-state index is 11.4. The van der Waals surface area contributed by atoms with E-state index in [1.54, 1.807) is 0 Å². The summed E-state index contributed by atoms with van der Waals surface area (Å²) in [5, 5.41) is 9.42. The van der Waals surface area contributed by atoms with Crippen LogP contribution in [-0.2, 0) is 0 Å². The molecule has 0 radical (unpaired) electrons. The van der Waals surface area contributed by atoms with E-state index < -0.39 is 5.56 Å². The van der Waals surface area contributed by atoms with Crippen molar-refractivity contribution >= 4 is 18.4 Å². The van der Waals surface area contributed by atoms with Gasteiger partial charge in [0.15, 0.2) is 4.77 Å². The van der Waals surface area contributed by atoms with Crippen molar-refractivity contribution in [1.82, 2.24) is 9.97 Å². The lowest BCUT2D eigenvalue weighted by atomic mass is 10.3. The Morgan fingerprint density at radius 3 is 2.80 bits per heavy atom. The molecule has 1 heterocycles. The minimum absolute atomic E-state index is 0.0955. The minimum Gasteiger partial charge on any atom is -0.494 e. The van der Waals surface area contributed by atoms with Crippen LogP contribution in [0.5, 0.6) is 5.88 Å². The van der Waals surface area contributed by atoms with Crippen LogP contribution in [0.15, 0.2) is 9.79 Å². The largest absolute Gasteiger partial charge is 0.494 e. The Kier molecular flexibility index (Phi) is 3.79. The van der Waals surface area contributed by atoms with Gasteiger partial charge in [0.05, 0.1) is 0 Å². The fourth-order valence-electron chi connectivity index (χ4n) is 0.911. The number of aromatic amines is 2. The van der Waals surface area contributed by atoms with Crippen molar-refractivity contribution in [2.45, 2.75) is 26.3 Å². The second-order valence-corrected chi connectivity index (χ2v) is 3.61. The van der Waals surface area contributed by atoms with Gasteiger partial charge in [-0.05, 0) is 25.6 Å². The molecule has 15 heavy (non-hydrogen) atoms. The van der Waals surface area contributed by atoms with E-state index in [-0.39, 0.29) is 22.3 Å². The highest BCUT2D eigenvalue weighted by Gasteiger charge is 2.04. The Labute approximate surface area is 91.9 Å². The molecule has 6 heteroatoms. The van der Waals surface area contributed by atoms with Gasteiger partial charge in [-0.25, -0.2) is 0 Å². The molecular formula is C9H13N3O2S. The fourth-order valence-corrected chi connectivity index (χ4v) is 1.10. The van der Waals surface area contributed by atoms with Crippen molar-refractivity contribution in [2.24, 2.45) is 4.99 Å². The number of rotatable bonds is 3. The van der Waals surface area contributed by atoms with Crippen LogP contribution in [0.1, 0.15) is 25.8 Å². The molecule has 0 saturated carbocycles. The van der Waals surface area contributed by atoms with Gasteiger partial charge < -0.3 is 10.1 Å². The average Bonchev–Trinajstić information content (AvgIpc) is 2.15. The minimum atomic E-state index is -0.441. The van der Waals surface area contributed by atoms with E-state index in [1.165, 1.54) is 6.21 Å². The maximum atomic E-state index is 11.4. The van der Waals surface area contributed by atoms with Crippen molar-refractivity contribution in [1.29, 1.82) is 0 Å². The van der Waals surface area contributed by atoms with E-state index in [0.717, 1.165) is 6.42 Å². The first-order chi connectivity index (χ1) is 7.04. The number of hydrogen-bond acceptors (Lipinski definition) is 4. The van der Waals surface area contributed by atoms with Gasteiger partial charge in [0.1, 0.15) is 5.56 Å². The van der Waals surface area contributed by atoms with Gasteiger partial charge in [0.2, 0.25) is 5.88 Å². The summed E-state index contributed by atoms with van der Waals surface area (Å²) >= 11 is 4.69. The van der Waals surface area contributed by atoms with Gasteiger partial charge in [-0.2, -0.15) is 0 Å². The molecule has 82 valence electrons. The smallest absolute Gasteiger partial charge is 0.264 e. The molecule has 0 saturated heterocycles. The quantitative estimate of drug-likeness (QED) is 0.538. The molecule has 0 fully saturated rings. The van der Waals surface area contributed by atoms with Crippen LogP contribution in [0.2, 0.25) is 0 Å². The van der Waals surface area contributed by atoms with Gasteiger partial charge in [-0.15, -0.1) is 0 Å². The highest BCUT2D eigenvalue weighted by atomic mass is 32.1. The van der Waals surface area contributed by atoms with Gasteiger partial charge in [-0.1, -0.05) is 6.92 Å². The first kappa shape index (κ1) is 11.6. The second kappa shape index (κ2) is 4.88. The third kappa shape index (κ3) is 3.02. The van der Waals surface area contributed by atoms with Crippen LogP contribution < -0.4 is 5.56 Å². The molecule has 1 rings (SSSR count). The van der Waals surface area contributed by atoms with Crippen LogP contribution in [0.3, 0.4) is 0 Å². The molecular weight excluding hydrogens is 214 g/mol. The molecule has 0 aliphatic heterocycles. The zero-order chi connectivity index (χ0) is 11.4. The normalized spacial score (nSPS) is 13.2. The molecule has 3 N–H and O–H groups in total. The van der Waals surface area contributed by atoms with Crippen molar-refractivity contribution in [3.05, 3.63) is 20.7 Å². The lowest BCUT2D eigenvalue weighted by molar-refractivity contribution is 0.449. The summed E-state index contributed by atoms with van der Waals surface area (Å²) in [7, 11) is 0.